The van der Waals surface area contributed by atoms with Crippen LogP contribution in [0.25, 0.3) is 0 Å². The Labute approximate surface area is 103 Å². The first-order valence-electron chi connectivity index (χ1n) is 6.39. The van der Waals surface area contributed by atoms with Crippen LogP contribution in [0.3, 0.4) is 0 Å². The molecule has 5 heteroatoms. The van der Waals surface area contributed by atoms with Gasteiger partial charge in [-0.3, -0.25) is 4.79 Å². The van der Waals surface area contributed by atoms with Gasteiger partial charge in [-0.05, 0) is 19.3 Å². The number of hydrogen-bond donors (Lipinski definition) is 2. The van der Waals surface area contributed by atoms with Crippen LogP contribution in [0, 0.1) is 0 Å². The van der Waals surface area contributed by atoms with Crippen molar-refractivity contribution < 1.29 is 9.59 Å². The fraction of sp³-hybridized carbons (Fsp3) is 0.833. The molecular formula is C12H23N3O2. The highest BCUT2D eigenvalue weighted by molar-refractivity contribution is 5.86. The average molecular weight is 241 g/mol. The van der Waals surface area contributed by atoms with Gasteiger partial charge in [-0.15, -0.1) is 0 Å². The number of hydrogen-bond acceptors (Lipinski definition) is 2. The Hall–Kier alpha value is -1.26. The Balaban J connectivity index is 2.58. The van der Waals surface area contributed by atoms with E-state index >= 15 is 0 Å². The number of nitrogens with one attached hydrogen (secondary N) is 1. The van der Waals surface area contributed by atoms with Crippen molar-refractivity contribution in [3.63, 3.8) is 0 Å². The molecule has 1 aliphatic carbocycles. The van der Waals surface area contributed by atoms with Crippen molar-refractivity contribution in [1.29, 1.82) is 0 Å². The maximum Gasteiger partial charge on any atom is 0.312 e. The monoisotopic (exact) mass is 241 g/mol. The SMILES string of the molecule is CCC[C@@H](NC(N)=O)C(=O)N(C)C1CCCC1. The molecule has 1 saturated carbocycles. The molecule has 0 bridgehead atoms. The summed E-state index contributed by atoms with van der Waals surface area (Å²) in [6.07, 6.45) is 5.98. The number of nitrogens with two attached hydrogens (primary N) is 1. The Morgan fingerprint density at radius 3 is 2.47 bits per heavy atom. The predicted molar refractivity (Wildman–Crippen MR) is 66.4 cm³/mol. The Kier molecular flexibility index (Phi) is 5.25. The van der Waals surface area contributed by atoms with E-state index in [1.165, 1.54) is 12.8 Å². The van der Waals surface area contributed by atoms with Crippen LogP contribution in [0.4, 0.5) is 4.79 Å². The van der Waals surface area contributed by atoms with Crippen LogP contribution in [0.15, 0.2) is 0 Å². The summed E-state index contributed by atoms with van der Waals surface area (Å²) in [5.41, 5.74) is 5.09. The Morgan fingerprint density at radius 2 is 2.00 bits per heavy atom. The maximum atomic E-state index is 12.2. The van der Waals surface area contributed by atoms with Crippen LogP contribution in [-0.4, -0.2) is 36.0 Å². The fourth-order valence-corrected chi connectivity index (χ4v) is 2.44. The third-order valence-corrected chi connectivity index (χ3v) is 3.41. The van der Waals surface area contributed by atoms with E-state index in [9.17, 15) is 9.59 Å². The molecule has 0 radical (unpaired) electrons. The van der Waals surface area contributed by atoms with Gasteiger partial charge in [-0.25, -0.2) is 4.79 Å². The zero-order chi connectivity index (χ0) is 12.8. The van der Waals surface area contributed by atoms with Crippen molar-refractivity contribution in [3.8, 4) is 0 Å². The molecule has 5 nitrogen and oxygen atoms in total. The number of rotatable bonds is 5. The lowest BCUT2D eigenvalue weighted by atomic mass is 10.1. The summed E-state index contributed by atoms with van der Waals surface area (Å²) in [7, 11) is 1.82. The first-order valence-corrected chi connectivity index (χ1v) is 6.39. The van der Waals surface area contributed by atoms with Gasteiger partial charge in [0.25, 0.3) is 0 Å². The van der Waals surface area contributed by atoms with Gasteiger partial charge in [0.15, 0.2) is 0 Å². The van der Waals surface area contributed by atoms with Gasteiger partial charge < -0.3 is 16.0 Å². The van der Waals surface area contributed by atoms with E-state index in [1.807, 2.05) is 14.0 Å². The summed E-state index contributed by atoms with van der Waals surface area (Å²) < 4.78 is 0. The second-order valence-electron chi connectivity index (χ2n) is 4.74. The third kappa shape index (κ3) is 3.91. The quantitative estimate of drug-likeness (QED) is 0.759. The molecule has 1 aliphatic rings. The first-order chi connectivity index (χ1) is 8.06. The molecule has 1 rings (SSSR count). The van der Waals surface area contributed by atoms with Crippen LogP contribution in [0.5, 0.6) is 0 Å². The molecule has 0 saturated heterocycles. The normalized spacial score (nSPS) is 17.8. The number of likely N-dealkylation sites (N-methyl/N-ethyl adjacent to an activating group) is 1. The van der Waals surface area contributed by atoms with E-state index in [0.29, 0.717) is 12.5 Å². The molecule has 1 fully saturated rings. The predicted octanol–water partition coefficient (Wildman–Crippen LogP) is 1.22. The van der Waals surface area contributed by atoms with Gasteiger partial charge in [0, 0.05) is 13.1 Å². The smallest absolute Gasteiger partial charge is 0.312 e. The van der Waals surface area contributed by atoms with Crippen LogP contribution in [-0.2, 0) is 4.79 Å². The minimum Gasteiger partial charge on any atom is -0.352 e. The molecule has 0 aromatic heterocycles. The number of primary amides is 1. The molecule has 98 valence electrons. The summed E-state index contributed by atoms with van der Waals surface area (Å²) in [5, 5.41) is 2.53. The van der Waals surface area contributed by atoms with E-state index in [4.69, 9.17) is 5.73 Å². The Morgan fingerprint density at radius 1 is 1.41 bits per heavy atom. The summed E-state index contributed by atoms with van der Waals surface area (Å²) in [6.45, 7) is 1.98. The van der Waals surface area contributed by atoms with Gasteiger partial charge in [-0.1, -0.05) is 26.2 Å². The highest BCUT2D eigenvalue weighted by Gasteiger charge is 2.28. The fourth-order valence-electron chi connectivity index (χ4n) is 2.44. The van der Waals surface area contributed by atoms with Crippen LogP contribution in [0.1, 0.15) is 45.4 Å². The van der Waals surface area contributed by atoms with Crippen molar-refractivity contribution in [3.05, 3.63) is 0 Å². The number of urea groups is 1. The molecule has 0 aromatic carbocycles. The van der Waals surface area contributed by atoms with Crippen molar-refractivity contribution >= 4 is 11.9 Å². The van der Waals surface area contributed by atoms with Gasteiger partial charge in [0.2, 0.25) is 5.91 Å². The van der Waals surface area contributed by atoms with Crippen LogP contribution in [0.2, 0.25) is 0 Å². The van der Waals surface area contributed by atoms with Gasteiger partial charge in [-0.2, -0.15) is 0 Å². The lowest BCUT2D eigenvalue weighted by Gasteiger charge is -2.28. The standard InChI is InChI=1S/C12H23N3O2/c1-3-6-10(14-12(13)17)11(16)15(2)9-7-4-5-8-9/h9-10H,3-8H2,1-2H3,(H3,13,14,17)/t10-/m1/s1. The summed E-state index contributed by atoms with van der Waals surface area (Å²) >= 11 is 0. The van der Waals surface area contributed by atoms with E-state index in [2.05, 4.69) is 5.32 Å². The minimum absolute atomic E-state index is 0.0162. The molecule has 0 aliphatic heterocycles. The van der Waals surface area contributed by atoms with E-state index < -0.39 is 12.1 Å². The summed E-state index contributed by atoms with van der Waals surface area (Å²) in [6, 6.07) is -0.767. The molecule has 0 aromatic rings. The molecule has 3 N–H and O–H groups in total. The molecular weight excluding hydrogens is 218 g/mol. The second-order valence-corrected chi connectivity index (χ2v) is 4.74. The van der Waals surface area contributed by atoms with E-state index in [-0.39, 0.29) is 5.91 Å². The van der Waals surface area contributed by atoms with Gasteiger partial charge in [0.05, 0.1) is 0 Å². The largest absolute Gasteiger partial charge is 0.352 e. The number of nitrogens with zero attached hydrogens (tertiary/aromatic N) is 1. The van der Waals surface area contributed by atoms with Crippen LogP contribution >= 0.6 is 0 Å². The van der Waals surface area contributed by atoms with Crippen molar-refractivity contribution in [2.45, 2.75) is 57.5 Å². The highest BCUT2D eigenvalue weighted by atomic mass is 16.2. The molecule has 0 heterocycles. The number of carbonyl (C=O) groups is 2. The van der Waals surface area contributed by atoms with Crippen molar-refractivity contribution in [2.24, 2.45) is 5.73 Å². The second kappa shape index (κ2) is 6.47. The molecule has 17 heavy (non-hydrogen) atoms. The molecule has 1 atom stereocenters. The summed E-state index contributed by atoms with van der Waals surface area (Å²) in [4.78, 5) is 24.9. The topological polar surface area (TPSA) is 75.4 Å². The highest BCUT2D eigenvalue weighted by Crippen LogP contribution is 2.23. The minimum atomic E-state index is -0.628. The van der Waals surface area contributed by atoms with Crippen molar-refractivity contribution in [2.75, 3.05) is 7.05 Å². The zero-order valence-electron chi connectivity index (χ0n) is 10.7. The van der Waals surface area contributed by atoms with E-state index in [0.717, 1.165) is 19.3 Å². The lowest BCUT2D eigenvalue weighted by molar-refractivity contribution is -0.134. The average Bonchev–Trinajstić information content (AvgIpc) is 2.79. The third-order valence-electron chi connectivity index (χ3n) is 3.41. The van der Waals surface area contributed by atoms with E-state index in [1.54, 1.807) is 4.90 Å². The lowest BCUT2D eigenvalue weighted by Crippen LogP contribution is -2.51. The zero-order valence-corrected chi connectivity index (χ0v) is 10.7. The first kappa shape index (κ1) is 13.8. The molecule has 0 unspecified atom stereocenters. The van der Waals surface area contributed by atoms with Crippen molar-refractivity contribution in [1.82, 2.24) is 10.2 Å². The number of carbonyl (C=O) groups excluding carboxylic acids is 2. The maximum absolute atomic E-state index is 12.2. The van der Waals surface area contributed by atoms with Gasteiger partial charge >= 0.3 is 6.03 Å². The van der Waals surface area contributed by atoms with Crippen LogP contribution < -0.4 is 11.1 Å². The molecule has 3 amide bonds. The van der Waals surface area contributed by atoms with Gasteiger partial charge in [0.1, 0.15) is 6.04 Å². The molecule has 0 spiro atoms. The number of amides is 3. The summed E-state index contributed by atoms with van der Waals surface area (Å²) in [5.74, 6) is -0.0162. The Bertz CT molecular complexity index is 275.